The van der Waals surface area contributed by atoms with Crippen molar-refractivity contribution in [3.05, 3.63) is 52.1 Å². The topological polar surface area (TPSA) is 68.5 Å². The van der Waals surface area contributed by atoms with Crippen LogP contribution in [0.25, 0.3) is 11.0 Å². The van der Waals surface area contributed by atoms with Crippen LogP contribution in [0.5, 0.6) is 0 Å². The average Bonchev–Trinajstić information content (AvgIpc) is 3.27. The molecule has 122 valence electrons. The maximum atomic E-state index is 12.5. The fourth-order valence-corrected chi connectivity index (χ4v) is 4.34. The van der Waals surface area contributed by atoms with Gasteiger partial charge in [-0.05, 0) is 37.0 Å². The van der Waals surface area contributed by atoms with Crippen LogP contribution in [0.4, 0.5) is 5.00 Å². The number of anilines is 1. The lowest BCUT2D eigenvalue weighted by Gasteiger charge is -2.05. The average molecular weight is 341 g/mol. The predicted molar refractivity (Wildman–Crippen MR) is 91.9 cm³/mol. The van der Waals surface area contributed by atoms with Crippen LogP contribution in [0.2, 0.25) is 0 Å². The Morgan fingerprint density at radius 1 is 1.25 bits per heavy atom. The minimum Gasteiger partial charge on any atom is -0.465 e. The van der Waals surface area contributed by atoms with Crippen LogP contribution in [0.15, 0.2) is 34.7 Å². The molecule has 3 aromatic rings. The third-order valence-electron chi connectivity index (χ3n) is 4.19. The van der Waals surface area contributed by atoms with E-state index in [1.165, 1.54) is 18.4 Å². The Bertz CT molecular complexity index is 920. The Kier molecular flexibility index (Phi) is 3.61. The van der Waals surface area contributed by atoms with Crippen LogP contribution < -0.4 is 5.32 Å². The third-order valence-corrected chi connectivity index (χ3v) is 5.39. The maximum absolute atomic E-state index is 12.5. The number of hydrogen-bond acceptors (Lipinski definition) is 5. The van der Waals surface area contributed by atoms with E-state index >= 15 is 0 Å². The molecule has 0 aliphatic heterocycles. The summed E-state index contributed by atoms with van der Waals surface area (Å²) in [6.07, 6.45) is 2.81. The number of carbonyl (C=O) groups is 2. The highest BCUT2D eigenvalue weighted by Gasteiger charge is 2.28. The molecule has 1 N–H and O–H groups in total. The largest absolute Gasteiger partial charge is 0.465 e. The Labute approximate surface area is 142 Å². The minimum absolute atomic E-state index is 0.223. The number of aryl methyl sites for hydroxylation is 1. The van der Waals surface area contributed by atoms with E-state index in [0.717, 1.165) is 35.1 Å². The van der Waals surface area contributed by atoms with Gasteiger partial charge in [0.05, 0.1) is 12.7 Å². The van der Waals surface area contributed by atoms with Gasteiger partial charge in [0, 0.05) is 10.3 Å². The van der Waals surface area contributed by atoms with Gasteiger partial charge in [-0.25, -0.2) is 4.79 Å². The number of methoxy groups -OCH3 is 1. The van der Waals surface area contributed by atoms with E-state index < -0.39 is 5.97 Å². The number of rotatable bonds is 3. The van der Waals surface area contributed by atoms with Gasteiger partial charge in [-0.1, -0.05) is 18.2 Å². The molecule has 0 atom stereocenters. The monoisotopic (exact) mass is 341 g/mol. The number of fused-ring (bicyclic) bond motifs is 2. The molecule has 5 nitrogen and oxygen atoms in total. The number of benzene rings is 1. The number of carbonyl (C=O) groups excluding carboxylic acids is 2. The number of nitrogens with one attached hydrogen (secondary N) is 1. The van der Waals surface area contributed by atoms with Crippen LogP contribution in [-0.4, -0.2) is 19.0 Å². The van der Waals surface area contributed by atoms with Crippen LogP contribution >= 0.6 is 11.3 Å². The van der Waals surface area contributed by atoms with Gasteiger partial charge in [-0.2, -0.15) is 0 Å². The van der Waals surface area contributed by atoms with Crippen molar-refractivity contribution in [3.8, 4) is 0 Å². The van der Waals surface area contributed by atoms with E-state index in [0.29, 0.717) is 16.1 Å². The van der Waals surface area contributed by atoms with E-state index in [4.69, 9.17) is 9.15 Å². The van der Waals surface area contributed by atoms with E-state index in [1.807, 2.05) is 24.3 Å². The molecule has 1 aliphatic rings. The summed E-state index contributed by atoms with van der Waals surface area (Å²) in [5, 5.41) is 4.22. The maximum Gasteiger partial charge on any atom is 0.341 e. The Morgan fingerprint density at radius 3 is 2.88 bits per heavy atom. The molecule has 0 unspecified atom stereocenters. The van der Waals surface area contributed by atoms with E-state index in [-0.39, 0.29) is 11.7 Å². The highest BCUT2D eigenvalue weighted by Crippen LogP contribution is 2.39. The molecule has 1 amide bonds. The van der Waals surface area contributed by atoms with Crippen LogP contribution in [-0.2, 0) is 17.6 Å². The van der Waals surface area contributed by atoms with Crippen molar-refractivity contribution >= 4 is 39.2 Å². The summed E-state index contributed by atoms with van der Waals surface area (Å²) in [4.78, 5) is 25.8. The summed E-state index contributed by atoms with van der Waals surface area (Å²) >= 11 is 1.45. The molecule has 2 heterocycles. The summed E-state index contributed by atoms with van der Waals surface area (Å²) in [7, 11) is 1.35. The van der Waals surface area contributed by atoms with Crippen LogP contribution in [0.1, 0.15) is 37.8 Å². The molecule has 6 heteroatoms. The van der Waals surface area contributed by atoms with Gasteiger partial charge < -0.3 is 14.5 Å². The fourth-order valence-electron chi connectivity index (χ4n) is 3.07. The molecule has 1 aliphatic carbocycles. The number of thiophene rings is 1. The third kappa shape index (κ3) is 2.39. The highest BCUT2D eigenvalue weighted by molar-refractivity contribution is 7.17. The van der Waals surface area contributed by atoms with Gasteiger partial charge >= 0.3 is 5.97 Å². The molecule has 24 heavy (non-hydrogen) atoms. The Morgan fingerprint density at radius 2 is 2.08 bits per heavy atom. The zero-order chi connectivity index (χ0) is 16.7. The van der Waals surface area contributed by atoms with E-state index in [9.17, 15) is 9.59 Å². The first-order chi connectivity index (χ1) is 11.7. The number of esters is 1. The van der Waals surface area contributed by atoms with Gasteiger partial charge in [-0.15, -0.1) is 11.3 Å². The van der Waals surface area contributed by atoms with Crippen molar-refractivity contribution in [2.45, 2.75) is 19.3 Å². The molecule has 0 radical (unpaired) electrons. The first-order valence-corrected chi connectivity index (χ1v) is 8.52. The van der Waals surface area contributed by atoms with Crippen LogP contribution in [0.3, 0.4) is 0 Å². The summed E-state index contributed by atoms with van der Waals surface area (Å²) in [6.45, 7) is 0. The lowest BCUT2D eigenvalue weighted by atomic mass is 10.1. The smallest absolute Gasteiger partial charge is 0.341 e. The lowest BCUT2D eigenvalue weighted by Crippen LogP contribution is -2.14. The van der Waals surface area contributed by atoms with Gasteiger partial charge in [0.1, 0.15) is 10.6 Å². The van der Waals surface area contributed by atoms with Crippen molar-refractivity contribution in [2.75, 3.05) is 12.4 Å². The quantitative estimate of drug-likeness (QED) is 0.731. The number of hydrogen-bond donors (Lipinski definition) is 1. The number of para-hydroxylation sites is 1. The Hall–Kier alpha value is -2.60. The van der Waals surface area contributed by atoms with Gasteiger partial charge in [0.2, 0.25) is 0 Å². The van der Waals surface area contributed by atoms with E-state index in [2.05, 4.69) is 5.32 Å². The molecule has 4 rings (SSSR count). The summed E-state index contributed by atoms with van der Waals surface area (Å²) < 4.78 is 10.5. The molecule has 0 saturated carbocycles. The first-order valence-electron chi connectivity index (χ1n) is 7.70. The van der Waals surface area contributed by atoms with Gasteiger partial charge in [0.25, 0.3) is 5.91 Å². The van der Waals surface area contributed by atoms with Gasteiger partial charge in [0.15, 0.2) is 5.76 Å². The molecule has 0 saturated heterocycles. The van der Waals surface area contributed by atoms with Crippen LogP contribution in [0, 0.1) is 0 Å². The highest BCUT2D eigenvalue weighted by atomic mass is 32.1. The molecule has 0 spiro atoms. The molecule has 2 aromatic heterocycles. The predicted octanol–water partition coefficient (Wildman–Crippen LogP) is 4.02. The molecule has 0 fully saturated rings. The summed E-state index contributed by atoms with van der Waals surface area (Å²) in [5.74, 6) is -0.550. The molecule has 1 aromatic carbocycles. The zero-order valence-electron chi connectivity index (χ0n) is 13.0. The normalized spacial score (nSPS) is 13.0. The van der Waals surface area contributed by atoms with Crippen molar-refractivity contribution in [1.82, 2.24) is 0 Å². The van der Waals surface area contributed by atoms with Crippen molar-refractivity contribution in [1.29, 1.82) is 0 Å². The second-order valence-electron chi connectivity index (χ2n) is 5.66. The first kappa shape index (κ1) is 15.0. The zero-order valence-corrected chi connectivity index (χ0v) is 13.9. The SMILES string of the molecule is COC(=O)c1c(NC(=O)c2cc3ccccc3o2)sc2c1CCC2. The number of amides is 1. The second-order valence-corrected chi connectivity index (χ2v) is 6.76. The number of furan rings is 1. The lowest BCUT2D eigenvalue weighted by molar-refractivity contribution is 0.0601. The standard InChI is InChI=1S/C18H15NO4S/c1-22-18(21)15-11-6-4-8-14(11)24-17(15)19-16(20)13-9-10-5-2-3-7-12(10)23-13/h2-3,5,7,9H,4,6,8H2,1H3,(H,19,20). The fraction of sp³-hybridized carbons (Fsp3) is 0.222. The second kappa shape index (κ2) is 5.79. The summed E-state index contributed by atoms with van der Waals surface area (Å²) in [6, 6.07) is 9.13. The number of ether oxygens (including phenoxy) is 1. The van der Waals surface area contributed by atoms with Crippen molar-refractivity contribution < 1.29 is 18.7 Å². The minimum atomic E-state index is -0.408. The van der Waals surface area contributed by atoms with E-state index in [1.54, 1.807) is 6.07 Å². The molecular formula is C18H15NO4S. The summed E-state index contributed by atoms with van der Waals surface area (Å²) in [5.41, 5.74) is 2.15. The molecule has 0 bridgehead atoms. The Balaban J connectivity index is 1.67. The van der Waals surface area contributed by atoms with Crippen molar-refractivity contribution in [3.63, 3.8) is 0 Å². The van der Waals surface area contributed by atoms with Gasteiger partial charge in [-0.3, -0.25) is 4.79 Å². The molecular weight excluding hydrogens is 326 g/mol. The van der Waals surface area contributed by atoms with Crippen molar-refractivity contribution in [2.24, 2.45) is 0 Å².